The Kier molecular flexibility index (Phi) is 48.3. The minimum Gasteiger partial charge on any atom is -1.00 e. The Hall–Kier alpha value is 0.500. The Balaban J connectivity index is -0.000000403. The van der Waals surface area contributed by atoms with Gasteiger partial charge in [0.15, 0.2) is 0 Å². The maximum absolute atomic E-state index is 2.45. The van der Waals surface area contributed by atoms with E-state index in [9.17, 15) is 0 Å². The van der Waals surface area contributed by atoms with Gasteiger partial charge in [-0.15, -0.1) is 0 Å². The van der Waals surface area contributed by atoms with Gasteiger partial charge in [-0.05, 0) is 45.4 Å². The van der Waals surface area contributed by atoms with E-state index in [0.717, 1.165) is 0 Å². The lowest BCUT2D eigenvalue weighted by atomic mass is 10.1. The van der Waals surface area contributed by atoms with Crippen molar-refractivity contribution >= 4 is 0 Å². The minimum absolute atomic E-state index is 0. The molecular weight excluding hydrogens is 603 g/mol. The fourth-order valence-corrected chi connectivity index (χ4v) is 6.35. The Morgan fingerprint density at radius 3 is 0.609 bits per heavy atom. The number of nitrogens with zero attached hydrogens (tertiary/aromatic N) is 2. The highest BCUT2D eigenvalue weighted by Gasteiger charge is 2.13. The molecule has 0 saturated carbocycles. The number of hydrogen-bond donors (Lipinski definition) is 0. The Morgan fingerprint density at radius 1 is 0.239 bits per heavy atom. The van der Waals surface area contributed by atoms with Crippen LogP contribution in [0.2, 0.25) is 0 Å². The van der Waals surface area contributed by atoms with Gasteiger partial charge < -0.3 is 33.8 Å². The van der Waals surface area contributed by atoms with Gasteiger partial charge in [-0.1, -0.05) is 175 Å². The molecule has 2 nitrogen and oxygen atoms in total. The van der Waals surface area contributed by atoms with E-state index in [-0.39, 0.29) is 24.8 Å². The van der Waals surface area contributed by atoms with Crippen molar-refractivity contribution in [1.29, 1.82) is 0 Å². The van der Waals surface area contributed by atoms with Crippen molar-refractivity contribution in [2.24, 2.45) is 0 Å². The van der Waals surface area contributed by atoms with Gasteiger partial charge in [-0.25, -0.2) is 0 Å². The van der Waals surface area contributed by atoms with Crippen LogP contribution in [-0.2, 0) is 0 Å². The van der Waals surface area contributed by atoms with Gasteiger partial charge in [0.25, 0.3) is 0 Å². The van der Waals surface area contributed by atoms with Crippen LogP contribution in [0.4, 0.5) is 0 Å². The van der Waals surface area contributed by atoms with E-state index in [1.54, 1.807) is 0 Å². The lowest BCUT2D eigenvalue weighted by Crippen LogP contribution is -3.00. The first-order valence-electron chi connectivity index (χ1n) is 20.9. The van der Waals surface area contributed by atoms with Gasteiger partial charge >= 0.3 is 0 Å². The van der Waals surface area contributed by atoms with E-state index in [2.05, 4.69) is 55.9 Å². The van der Waals surface area contributed by atoms with Gasteiger partial charge in [0.1, 0.15) is 0 Å². The molecule has 0 radical (unpaired) electrons. The van der Waals surface area contributed by atoms with E-state index in [1.165, 1.54) is 228 Å². The lowest BCUT2D eigenvalue weighted by Gasteiger charge is -2.30. The zero-order valence-corrected chi connectivity index (χ0v) is 35.2. The summed E-state index contributed by atoms with van der Waals surface area (Å²) in [4.78, 5) is 0. The SMILES string of the molecule is CCCCCCCCCCCC[N+](C)(C)CC.CCCCCCCCCCCC[N+](C)(C)CCCCCCCCCCCC.[Cl-].[Cl-]. The average molecular weight is 696 g/mol. The molecule has 0 aliphatic carbocycles. The van der Waals surface area contributed by atoms with Crippen LogP contribution in [0.3, 0.4) is 0 Å². The second-order valence-corrected chi connectivity index (χ2v) is 15.9. The molecule has 0 spiro atoms. The normalized spacial score (nSPS) is 11.5. The fraction of sp³-hybridized carbons (Fsp3) is 1.00. The third-order valence-corrected chi connectivity index (χ3v) is 10.2. The molecule has 0 bridgehead atoms. The van der Waals surface area contributed by atoms with Crippen molar-refractivity contribution in [1.82, 2.24) is 0 Å². The maximum atomic E-state index is 2.45. The minimum atomic E-state index is 0. The van der Waals surface area contributed by atoms with Crippen LogP contribution in [-0.4, -0.2) is 63.3 Å². The van der Waals surface area contributed by atoms with E-state index in [0.29, 0.717) is 0 Å². The van der Waals surface area contributed by atoms with Crippen molar-refractivity contribution in [2.75, 3.05) is 54.4 Å². The first-order valence-corrected chi connectivity index (χ1v) is 20.9. The topological polar surface area (TPSA) is 0 Å². The van der Waals surface area contributed by atoms with Crippen molar-refractivity contribution in [2.45, 2.75) is 220 Å². The summed E-state index contributed by atoms with van der Waals surface area (Å²) < 4.78 is 2.44. The Labute approximate surface area is 307 Å². The van der Waals surface area contributed by atoms with Crippen LogP contribution in [0.25, 0.3) is 0 Å². The molecule has 0 aromatic carbocycles. The lowest BCUT2D eigenvalue weighted by molar-refractivity contribution is -0.890. The van der Waals surface area contributed by atoms with E-state index in [4.69, 9.17) is 0 Å². The summed E-state index contributed by atoms with van der Waals surface area (Å²) in [5.74, 6) is 0. The highest BCUT2D eigenvalue weighted by molar-refractivity contribution is 4.50. The molecule has 0 heterocycles. The number of quaternary nitrogens is 2. The molecule has 0 aliphatic rings. The third kappa shape index (κ3) is 46.6. The molecule has 46 heavy (non-hydrogen) atoms. The molecule has 0 unspecified atom stereocenters. The van der Waals surface area contributed by atoms with Crippen molar-refractivity contribution < 1.29 is 33.8 Å². The van der Waals surface area contributed by atoms with Crippen molar-refractivity contribution in [3.8, 4) is 0 Å². The highest BCUT2D eigenvalue weighted by atomic mass is 35.5. The zero-order chi connectivity index (χ0) is 33.0. The molecule has 0 aromatic rings. The van der Waals surface area contributed by atoms with Gasteiger partial charge in [-0.3, -0.25) is 0 Å². The third-order valence-electron chi connectivity index (χ3n) is 10.2. The van der Waals surface area contributed by atoms with Gasteiger partial charge in [0.2, 0.25) is 0 Å². The van der Waals surface area contributed by atoms with E-state index < -0.39 is 0 Å². The molecule has 4 heteroatoms. The van der Waals surface area contributed by atoms with Crippen molar-refractivity contribution in [3.05, 3.63) is 0 Å². The van der Waals surface area contributed by atoms with Crippen LogP contribution < -0.4 is 24.8 Å². The number of rotatable bonds is 34. The average Bonchev–Trinajstić information content (AvgIpc) is 3.00. The van der Waals surface area contributed by atoms with Crippen LogP contribution >= 0.6 is 0 Å². The molecule has 0 saturated heterocycles. The predicted molar refractivity (Wildman–Crippen MR) is 205 cm³/mol. The molecule has 0 aromatic heterocycles. The number of halogens is 2. The summed E-state index contributed by atoms with van der Waals surface area (Å²) in [7, 11) is 9.57. The summed E-state index contributed by atoms with van der Waals surface area (Å²) in [6.07, 6.45) is 43.4. The largest absolute Gasteiger partial charge is 1.00 e. The summed E-state index contributed by atoms with van der Waals surface area (Å²) in [5, 5.41) is 0. The summed E-state index contributed by atoms with van der Waals surface area (Å²) in [5.41, 5.74) is 0. The monoisotopic (exact) mass is 695 g/mol. The molecule has 0 amide bonds. The summed E-state index contributed by atoms with van der Waals surface area (Å²) >= 11 is 0. The van der Waals surface area contributed by atoms with E-state index in [1.807, 2.05) is 0 Å². The molecule has 0 N–H and O–H groups in total. The number of hydrogen-bond acceptors (Lipinski definition) is 0. The van der Waals surface area contributed by atoms with E-state index >= 15 is 0 Å². The van der Waals surface area contributed by atoms with Crippen molar-refractivity contribution in [3.63, 3.8) is 0 Å². The van der Waals surface area contributed by atoms with Crippen LogP contribution in [0.15, 0.2) is 0 Å². The first kappa shape index (κ1) is 53.3. The Bertz CT molecular complexity index is 498. The van der Waals surface area contributed by atoms with Gasteiger partial charge in [0.05, 0.1) is 54.4 Å². The summed E-state index contributed by atoms with van der Waals surface area (Å²) in [6.45, 7) is 14.6. The van der Waals surface area contributed by atoms with Crippen LogP contribution in [0, 0.1) is 0 Å². The standard InChI is InChI=1S/C26H56N.C16H36N.2ClH/c1-5-7-9-11-13-15-17-19-21-23-25-27(3,4)26-24-22-20-18-16-14-12-10-8-6-2;1-5-7-8-9-10-11-12-13-14-15-16-17(3,4)6-2;;/h5-26H2,1-4H3;5-16H2,1-4H3;2*1H/q2*+1;;/p-2. The predicted octanol–water partition coefficient (Wildman–Crippen LogP) is 7.92. The number of unbranched alkanes of at least 4 members (excludes halogenated alkanes) is 27. The smallest absolute Gasteiger partial charge is 0.0782 e. The molecule has 0 fully saturated rings. The summed E-state index contributed by atoms with van der Waals surface area (Å²) in [6, 6.07) is 0. The van der Waals surface area contributed by atoms with Gasteiger partial charge in [-0.2, -0.15) is 0 Å². The van der Waals surface area contributed by atoms with Crippen LogP contribution in [0.1, 0.15) is 220 Å². The molecule has 284 valence electrons. The molecule has 0 rings (SSSR count). The zero-order valence-electron chi connectivity index (χ0n) is 33.7. The fourth-order valence-electron chi connectivity index (χ4n) is 6.35. The molecule has 0 aliphatic heterocycles. The highest BCUT2D eigenvalue weighted by Crippen LogP contribution is 2.15. The van der Waals surface area contributed by atoms with Crippen LogP contribution in [0.5, 0.6) is 0 Å². The quantitative estimate of drug-likeness (QED) is 0.0474. The Morgan fingerprint density at radius 2 is 0.413 bits per heavy atom. The molecule has 0 atom stereocenters. The first-order chi connectivity index (χ1) is 21.2. The molecular formula is C42H92Cl2N2. The second kappa shape index (κ2) is 41.7. The second-order valence-electron chi connectivity index (χ2n) is 15.9. The van der Waals surface area contributed by atoms with Gasteiger partial charge in [0, 0.05) is 0 Å². The maximum Gasteiger partial charge on any atom is 0.0782 e.